The number of carboxylic acids is 1. The zero-order valence-electron chi connectivity index (χ0n) is 11.7. The highest BCUT2D eigenvalue weighted by atomic mass is 16.5. The average molecular weight is 284 g/mol. The second-order valence-electron chi connectivity index (χ2n) is 4.23. The molecule has 114 valence electrons. The Bertz CT molecular complexity index is 359. The van der Waals surface area contributed by atoms with Crippen molar-refractivity contribution in [2.45, 2.75) is 13.0 Å². The summed E-state index contributed by atoms with van der Waals surface area (Å²) < 4.78 is 10.6. The first-order valence-electron chi connectivity index (χ1n) is 6.36. The van der Waals surface area contributed by atoms with Gasteiger partial charge < -0.3 is 26.5 Å². The SMILES string of the molecule is N.NCCOCCC(COCc1ccccc1)C(=O)O. The number of hydrogen-bond donors (Lipinski definition) is 3. The normalized spacial score (nSPS) is 11.7. The number of nitrogens with two attached hydrogens (primary N) is 1. The second kappa shape index (κ2) is 11.4. The van der Waals surface area contributed by atoms with Gasteiger partial charge in [0, 0.05) is 13.2 Å². The number of aliphatic carboxylic acids is 1. The fourth-order valence-electron chi connectivity index (χ4n) is 1.58. The molecule has 0 saturated heterocycles. The minimum atomic E-state index is -0.857. The van der Waals surface area contributed by atoms with Gasteiger partial charge in [0.2, 0.25) is 0 Å². The maximum Gasteiger partial charge on any atom is 0.308 e. The highest BCUT2D eigenvalue weighted by molar-refractivity contribution is 5.70. The lowest BCUT2D eigenvalue weighted by molar-refractivity contribution is -0.145. The summed E-state index contributed by atoms with van der Waals surface area (Å²) in [5.74, 6) is -1.40. The zero-order chi connectivity index (χ0) is 13.9. The van der Waals surface area contributed by atoms with E-state index in [9.17, 15) is 4.79 Å². The molecule has 6 N–H and O–H groups in total. The smallest absolute Gasteiger partial charge is 0.308 e. The first-order valence-corrected chi connectivity index (χ1v) is 6.36. The van der Waals surface area contributed by atoms with Gasteiger partial charge in [0.25, 0.3) is 0 Å². The molecule has 1 rings (SSSR count). The molecule has 0 aromatic heterocycles. The Kier molecular flexibility index (Phi) is 10.5. The Morgan fingerprint density at radius 1 is 1.20 bits per heavy atom. The molecule has 0 heterocycles. The quantitative estimate of drug-likeness (QED) is 0.559. The third kappa shape index (κ3) is 7.85. The maximum atomic E-state index is 11.0. The van der Waals surface area contributed by atoms with E-state index in [4.69, 9.17) is 20.3 Å². The van der Waals surface area contributed by atoms with Gasteiger partial charge in [0.15, 0.2) is 0 Å². The van der Waals surface area contributed by atoms with Gasteiger partial charge >= 0.3 is 5.97 Å². The lowest BCUT2D eigenvalue weighted by atomic mass is 10.1. The van der Waals surface area contributed by atoms with Crippen molar-refractivity contribution >= 4 is 5.97 Å². The van der Waals surface area contributed by atoms with Gasteiger partial charge in [0.05, 0.1) is 25.7 Å². The van der Waals surface area contributed by atoms with E-state index >= 15 is 0 Å². The van der Waals surface area contributed by atoms with Crippen molar-refractivity contribution in [3.63, 3.8) is 0 Å². The molecule has 1 atom stereocenters. The van der Waals surface area contributed by atoms with Crippen molar-refractivity contribution in [3.05, 3.63) is 35.9 Å². The van der Waals surface area contributed by atoms with Gasteiger partial charge in [-0.25, -0.2) is 0 Å². The highest BCUT2D eigenvalue weighted by Gasteiger charge is 2.17. The Morgan fingerprint density at radius 2 is 1.90 bits per heavy atom. The van der Waals surface area contributed by atoms with Gasteiger partial charge in [-0.2, -0.15) is 0 Å². The standard InChI is InChI=1S/C14H21NO4.H3N/c15-7-9-18-8-6-13(14(16)17)11-19-10-12-4-2-1-3-5-12;/h1-5,13H,6-11,15H2,(H,16,17);1H3. The average Bonchev–Trinajstić information content (AvgIpc) is 2.42. The fraction of sp³-hybridized carbons (Fsp3) is 0.500. The van der Waals surface area contributed by atoms with Crippen LogP contribution in [0.15, 0.2) is 30.3 Å². The summed E-state index contributed by atoms with van der Waals surface area (Å²) in [6.07, 6.45) is 0.435. The molecule has 0 radical (unpaired) electrons. The van der Waals surface area contributed by atoms with Crippen molar-refractivity contribution in [1.29, 1.82) is 0 Å². The van der Waals surface area contributed by atoms with Crippen LogP contribution in [-0.4, -0.2) is 37.4 Å². The minimum Gasteiger partial charge on any atom is -0.481 e. The van der Waals surface area contributed by atoms with Crippen molar-refractivity contribution in [2.75, 3.05) is 26.4 Å². The van der Waals surface area contributed by atoms with Gasteiger partial charge in [-0.3, -0.25) is 4.79 Å². The molecule has 0 aliphatic heterocycles. The van der Waals surface area contributed by atoms with Crippen molar-refractivity contribution < 1.29 is 19.4 Å². The van der Waals surface area contributed by atoms with E-state index in [1.54, 1.807) is 0 Å². The zero-order valence-corrected chi connectivity index (χ0v) is 11.7. The lowest BCUT2D eigenvalue weighted by Gasteiger charge is -2.13. The highest BCUT2D eigenvalue weighted by Crippen LogP contribution is 2.07. The number of carboxylic acid groups (broad SMARTS) is 1. The molecule has 0 bridgehead atoms. The van der Waals surface area contributed by atoms with Crippen molar-refractivity contribution in [3.8, 4) is 0 Å². The number of hydrogen-bond acceptors (Lipinski definition) is 5. The summed E-state index contributed by atoms with van der Waals surface area (Å²) in [6, 6.07) is 9.67. The van der Waals surface area contributed by atoms with Crippen molar-refractivity contribution in [2.24, 2.45) is 11.7 Å². The van der Waals surface area contributed by atoms with E-state index in [1.807, 2.05) is 30.3 Å². The Labute approximate surface area is 119 Å². The summed E-state index contributed by atoms with van der Waals surface area (Å²) in [5, 5.41) is 9.07. The molecule has 0 spiro atoms. The van der Waals surface area contributed by atoms with Crippen LogP contribution in [0.1, 0.15) is 12.0 Å². The summed E-state index contributed by atoms with van der Waals surface area (Å²) >= 11 is 0. The number of ether oxygens (including phenoxy) is 2. The van der Waals surface area contributed by atoms with Gasteiger partial charge in [0.1, 0.15) is 0 Å². The fourth-order valence-corrected chi connectivity index (χ4v) is 1.58. The lowest BCUT2D eigenvalue weighted by Crippen LogP contribution is -2.22. The van der Waals surface area contributed by atoms with Crippen LogP contribution in [0.3, 0.4) is 0 Å². The van der Waals surface area contributed by atoms with E-state index < -0.39 is 11.9 Å². The second-order valence-corrected chi connectivity index (χ2v) is 4.23. The maximum absolute atomic E-state index is 11.0. The predicted molar refractivity (Wildman–Crippen MR) is 76.7 cm³/mol. The molecule has 1 aromatic carbocycles. The van der Waals surface area contributed by atoms with Crippen molar-refractivity contribution in [1.82, 2.24) is 6.15 Å². The van der Waals surface area contributed by atoms with Crippen LogP contribution in [0.4, 0.5) is 0 Å². The van der Waals surface area contributed by atoms with Crippen LogP contribution in [0.25, 0.3) is 0 Å². The predicted octanol–water partition coefficient (Wildman–Crippen LogP) is 1.43. The first-order chi connectivity index (χ1) is 9.24. The van der Waals surface area contributed by atoms with Crippen LogP contribution in [-0.2, 0) is 20.9 Å². The van der Waals surface area contributed by atoms with Crippen LogP contribution in [0.5, 0.6) is 0 Å². The summed E-state index contributed by atoms with van der Waals surface area (Å²) in [5.41, 5.74) is 6.32. The van der Waals surface area contributed by atoms with Gasteiger partial charge in [-0.1, -0.05) is 30.3 Å². The molecule has 1 unspecified atom stereocenters. The molecule has 0 saturated carbocycles. The molecule has 0 aliphatic carbocycles. The number of carbonyl (C=O) groups is 1. The van der Waals surface area contributed by atoms with Crippen LogP contribution in [0.2, 0.25) is 0 Å². The molecular weight excluding hydrogens is 260 g/mol. The van der Waals surface area contributed by atoms with E-state index in [2.05, 4.69) is 0 Å². The molecule has 6 nitrogen and oxygen atoms in total. The molecule has 6 heteroatoms. The van der Waals surface area contributed by atoms with E-state index in [0.29, 0.717) is 32.8 Å². The van der Waals surface area contributed by atoms with Gasteiger partial charge in [-0.15, -0.1) is 0 Å². The largest absolute Gasteiger partial charge is 0.481 e. The molecule has 1 aromatic rings. The Morgan fingerprint density at radius 3 is 2.50 bits per heavy atom. The molecular formula is C14H24N2O4. The molecule has 0 amide bonds. The summed E-state index contributed by atoms with van der Waals surface area (Å²) in [6.45, 7) is 1.91. The van der Waals surface area contributed by atoms with Crippen LogP contribution in [0, 0.1) is 5.92 Å². The van der Waals surface area contributed by atoms with E-state index in [1.165, 1.54) is 0 Å². The van der Waals surface area contributed by atoms with E-state index in [-0.39, 0.29) is 12.8 Å². The molecule has 0 aliphatic rings. The first kappa shape index (κ1) is 18.5. The summed E-state index contributed by atoms with van der Waals surface area (Å²) in [4.78, 5) is 11.0. The van der Waals surface area contributed by atoms with Crippen LogP contribution < -0.4 is 11.9 Å². The number of rotatable bonds is 10. The molecule has 20 heavy (non-hydrogen) atoms. The minimum absolute atomic E-state index is 0. The monoisotopic (exact) mass is 284 g/mol. The van der Waals surface area contributed by atoms with Gasteiger partial charge in [-0.05, 0) is 12.0 Å². The van der Waals surface area contributed by atoms with E-state index in [0.717, 1.165) is 5.56 Å². The summed E-state index contributed by atoms with van der Waals surface area (Å²) in [7, 11) is 0. The Hall–Kier alpha value is -1.47. The number of benzene rings is 1. The topological polar surface area (TPSA) is 117 Å². The third-order valence-electron chi connectivity index (χ3n) is 2.65. The van der Waals surface area contributed by atoms with Crippen LogP contribution >= 0.6 is 0 Å². The Balaban J connectivity index is 0.00000361. The third-order valence-corrected chi connectivity index (χ3v) is 2.65. The molecule has 0 fully saturated rings.